The SMILES string of the molecule is NCCNC(=O)CCOCCOCN1CCN(CC=O)CCN(CC(=O)O)CCN(CC(=O)O)CC1. The number of carbonyl (C=O) groups is 4. The Kier molecular flexibility index (Phi) is 17.6. The minimum atomic E-state index is -0.948. The Hall–Kier alpha value is -2.20. The highest BCUT2D eigenvalue weighted by Crippen LogP contribution is 2.01. The molecule has 0 unspecified atom stereocenters. The van der Waals surface area contributed by atoms with Gasteiger partial charge >= 0.3 is 11.9 Å². The van der Waals surface area contributed by atoms with Gasteiger partial charge < -0.3 is 35.5 Å². The van der Waals surface area contributed by atoms with Crippen LogP contribution in [0.2, 0.25) is 0 Å². The fourth-order valence-corrected chi connectivity index (χ4v) is 3.57. The quantitative estimate of drug-likeness (QED) is 0.120. The normalized spacial score (nSPS) is 17.7. The Balaban J connectivity index is 2.57. The first-order valence-electron chi connectivity index (χ1n) is 12.2. The molecule has 0 aromatic rings. The van der Waals surface area contributed by atoms with Gasteiger partial charge in [0.2, 0.25) is 5.91 Å². The van der Waals surface area contributed by atoms with Crippen molar-refractivity contribution in [2.75, 3.05) is 112 Å². The van der Waals surface area contributed by atoms with Crippen LogP contribution < -0.4 is 11.1 Å². The van der Waals surface area contributed by atoms with Crippen LogP contribution in [0.25, 0.3) is 0 Å². The van der Waals surface area contributed by atoms with Crippen LogP contribution in [-0.2, 0) is 28.7 Å². The zero-order valence-corrected chi connectivity index (χ0v) is 21.0. The van der Waals surface area contributed by atoms with Crippen molar-refractivity contribution >= 4 is 24.1 Å². The summed E-state index contributed by atoms with van der Waals surface area (Å²) in [6.45, 7) is 6.04. The zero-order chi connectivity index (χ0) is 26.6. The fourth-order valence-electron chi connectivity index (χ4n) is 3.57. The fraction of sp³-hybridized carbons (Fsp3) is 0.818. The number of aliphatic carboxylic acids is 2. The third kappa shape index (κ3) is 16.5. The van der Waals surface area contributed by atoms with Gasteiger partial charge in [0.05, 0.1) is 46.2 Å². The lowest BCUT2D eigenvalue weighted by Crippen LogP contribution is -2.48. The molecule has 1 fully saturated rings. The van der Waals surface area contributed by atoms with E-state index in [4.69, 9.17) is 15.2 Å². The number of hydrogen-bond acceptors (Lipinski definition) is 11. The van der Waals surface area contributed by atoms with Gasteiger partial charge in [-0.2, -0.15) is 0 Å². The summed E-state index contributed by atoms with van der Waals surface area (Å²) in [5.41, 5.74) is 5.34. The van der Waals surface area contributed by atoms with Crippen LogP contribution in [0, 0.1) is 0 Å². The molecule has 1 heterocycles. The first-order valence-corrected chi connectivity index (χ1v) is 12.2. The molecule has 14 nitrogen and oxygen atoms in total. The molecule has 1 rings (SSSR count). The minimum absolute atomic E-state index is 0.113. The largest absolute Gasteiger partial charge is 0.480 e. The molecule has 36 heavy (non-hydrogen) atoms. The standard InChI is InChI=1S/C22H42N6O8/c23-2-3-24-20(30)1-14-35-15-16-36-19-28-10-5-25(12-13-29)4-6-26(17-21(31)32)7-8-27(9-11-28)18-22(33)34/h13H,1-12,14-19,23H2,(H,24,30)(H,31,32)(H,33,34). The number of nitrogens with two attached hydrogens (primary N) is 1. The van der Waals surface area contributed by atoms with E-state index in [1.165, 1.54) is 0 Å². The molecule has 0 spiro atoms. The van der Waals surface area contributed by atoms with Crippen molar-refractivity contribution in [3.8, 4) is 0 Å². The summed E-state index contributed by atoms with van der Waals surface area (Å²) in [6, 6.07) is 0. The van der Waals surface area contributed by atoms with Crippen molar-refractivity contribution in [2.45, 2.75) is 6.42 Å². The Labute approximate surface area is 212 Å². The first-order chi connectivity index (χ1) is 17.3. The maximum Gasteiger partial charge on any atom is 0.317 e. The molecule has 1 aliphatic rings. The van der Waals surface area contributed by atoms with E-state index < -0.39 is 11.9 Å². The molecule has 0 atom stereocenters. The van der Waals surface area contributed by atoms with Gasteiger partial charge in [-0.25, -0.2) is 0 Å². The number of aldehydes is 1. The molecule has 1 aliphatic heterocycles. The number of hydrogen-bond donors (Lipinski definition) is 4. The van der Waals surface area contributed by atoms with Crippen molar-refractivity contribution in [3.05, 3.63) is 0 Å². The highest BCUT2D eigenvalue weighted by atomic mass is 16.5. The molecule has 0 saturated carbocycles. The van der Waals surface area contributed by atoms with Crippen molar-refractivity contribution in [1.29, 1.82) is 0 Å². The number of amides is 1. The van der Waals surface area contributed by atoms with Crippen LogP contribution in [-0.4, -0.2) is 166 Å². The number of nitrogens with one attached hydrogen (secondary N) is 1. The van der Waals surface area contributed by atoms with E-state index in [2.05, 4.69) is 5.32 Å². The molecule has 5 N–H and O–H groups in total. The van der Waals surface area contributed by atoms with Crippen LogP contribution in [0.4, 0.5) is 0 Å². The van der Waals surface area contributed by atoms with Gasteiger partial charge in [-0.3, -0.25) is 34.0 Å². The van der Waals surface area contributed by atoms with Crippen LogP contribution in [0.1, 0.15) is 6.42 Å². The molecular weight excluding hydrogens is 476 g/mol. The first kappa shape index (κ1) is 31.8. The smallest absolute Gasteiger partial charge is 0.317 e. The highest BCUT2D eigenvalue weighted by molar-refractivity contribution is 5.75. The average molecular weight is 519 g/mol. The second kappa shape index (κ2) is 19.9. The maximum atomic E-state index is 11.5. The third-order valence-corrected chi connectivity index (χ3v) is 5.57. The summed E-state index contributed by atoms with van der Waals surface area (Å²) in [7, 11) is 0. The van der Waals surface area contributed by atoms with Crippen LogP contribution in [0.5, 0.6) is 0 Å². The molecule has 1 saturated heterocycles. The summed E-state index contributed by atoms with van der Waals surface area (Å²) < 4.78 is 11.2. The summed E-state index contributed by atoms with van der Waals surface area (Å²) >= 11 is 0. The van der Waals surface area contributed by atoms with E-state index >= 15 is 0 Å². The van der Waals surface area contributed by atoms with Gasteiger partial charge in [0.25, 0.3) is 0 Å². The molecule has 0 aromatic heterocycles. The van der Waals surface area contributed by atoms with Crippen LogP contribution in [0.15, 0.2) is 0 Å². The van der Waals surface area contributed by atoms with Gasteiger partial charge in [-0.15, -0.1) is 0 Å². The lowest BCUT2D eigenvalue weighted by atomic mass is 10.3. The van der Waals surface area contributed by atoms with E-state index in [0.717, 1.165) is 6.29 Å². The Morgan fingerprint density at radius 2 is 1.28 bits per heavy atom. The highest BCUT2D eigenvalue weighted by Gasteiger charge is 2.19. The average Bonchev–Trinajstić information content (AvgIpc) is 2.82. The Morgan fingerprint density at radius 3 is 1.78 bits per heavy atom. The number of rotatable bonds is 16. The summed E-state index contributed by atoms with van der Waals surface area (Å²) in [5, 5.41) is 21.1. The predicted octanol–water partition coefficient (Wildman–Crippen LogP) is -2.97. The summed E-state index contributed by atoms with van der Waals surface area (Å²) in [6.07, 6.45) is 1.08. The number of carboxylic acids is 2. The lowest BCUT2D eigenvalue weighted by Gasteiger charge is -2.32. The van der Waals surface area contributed by atoms with Crippen molar-refractivity contribution < 1.29 is 38.9 Å². The summed E-state index contributed by atoms with van der Waals surface area (Å²) in [4.78, 5) is 52.7. The Bertz CT molecular complexity index is 656. The topological polar surface area (TPSA) is 178 Å². The van der Waals surface area contributed by atoms with E-state index in [-0.39, 0.29) is 38.6 Å². The number of nitrogens with zero attached hydrogens (tertiary/aromatic N) is 4. The summed E-state index contributed by atoms with van der Waals surface area (Å²) in [5.74, 6) is -2.01. The predicted molar refractivity (Wildman–Crippen MR) is 131 cm³/mol. The second-order valence-corrected chi connectivity index (χ2v) is 8.46. The van der Waals surface area contributed by atoms with E-state index in [9.17, 15) is 29.4 Å². The number of ether oxygens (including phenoxy) is 2. The zero-order valence-electron chi connectivity index (χ0n) is 21.0. The van der Waals surface area contributed by atoms with Gasteiger partial charge in [0.15, 0.2) is 0 Å². The second-order valence-electron chi connectivity index (χ2n) is 8.46. The number of carbonyl (C=O) groups excluding carboxylic acids is 2. The van der Waals surface area contributed by atoms with Gasteiger partial charge in [0.1, 0.15) is 6.29 Å². The van der Waals surface area contributed by atoms with Crippen molar-refractivity contribution in [1.82, 2.24) is 24.9 Å². The van der Waals surface area contributed by atoms with Crippen molar-refractivity contribution in [2.24, 2.45) is 5.73 Å². The van der Waals surface area contributed by atoms with E-state index in [1.54, 1.807) is 9.80 Å². The molecule has 0 aromatic carbocycles. The van der Waals surface area contributed by atoms with E-state index in [1.807, 2.05) is 9.80 Å². The molecule has 0 aliphatic carbocycles. The maximum absolute atomic E-state index is 11.5. The van der Waals surface area contributed by atoms with E-state index in [0.29, 0.717) is 85.4 Å². The lowest BCUT2D eigenvalue weighted by molar-refractivity contribution is -0.140. The Morgan fingerprint density at radius 1 is 0.778 bits per heavy atom. The van der Waals surface area contributed by atoms with Crippen LogP contribution in [0.3, 0.4) is 0 Å². The number of carboxylic acid groups (broad SMARTS) is 2. The van der Waals surface area contributed by atoms with Gasteiger partial charge in [0, 0.05) is 71.9 Å². The van der Waals surface area contributed by atoms with Gasteiger partial charge in [-0.1, -0.05) is 0 Å². The third-order valence-electron chi connectivity index (χ3n) is 5.57. The molecule has 0 bridgehead atoms. The monoisotopic (exact) mass is 518 g/mol. The minimum Gasteiger partial charge on any atom is -0.480 e. The van der Waals surface area contributed by atoms with Gasteiger partial charge in [-0.05, 0) is 0 Å². The molecule has 0 radical (unpaired) electrons. The van der Waals surface area contributed by atoms with Crippen LogP contribution >= 0.6 is 0 Å². The van der Waals surface area contributed by atoms with Crippen molar-refractivity contribution in [3.63, 3.8) is 0 Å². The molecular formula is C22H42N6O8. The molecule has 14 heteroatoms. The molecule has 208 valence electrons. The molecule has 1 amide bonds.